The van der Waals surface area contributed by atoms with Crippen LogP contribution in [0, 0.1) is 0 Å². The zero-order valence-electron chi connectivity index (χ0n) is 10.7. The van der Waals surface area contributed by atoms with Crippen molar-refractivity contribution in [3.05, 3.63) is 41.4 Å². The Morgan fingerprint density at radius 2 is 1.74 bits per heavy atom. The van der Waals surface area contributed by atoms with E-state index in [4.69, 9.17) is 26.8 Å². The molecule has 0 unspecified atom stereocenters. The first-order chi connectivity index (χ1) is 9.13. The fourth-order valence-corrected chi connectivity index (χ4v) is 1.90. The van der Waals surface area contributed by atoms with Gasteiger partial charge in [-0.2, -0.15) is 0 Å². The Hall–Kier alpha value is -2.07. The lowest BCUT2D eigenvalue weighted by molar-refractivity contribution is 0.355. The number of nitrogens with two attached hydrogens (primary N) is 1. The Balaban J connectivity index is 2.28. The van der Waals surface area contributed by atoms with Crippen molar-refractivity contribution in [3.63, 3.8) is 0 Å². The molecule has 0 amide bonds. The van der Waals surface area contributed by atoms with Crippen LogP contribution in [0.25, 0.3) is 0 Å². The van der Waals surface area contributed by atoms with Crippen molar-refractivity contribution in [2.24, 2.45) is 0 Å². The molecule has 3 N–H and O–H groups in total. The fourth-order valence-electron chi connectivity index (χ4n) is 1.72. The SMILES string of the molecule is COc1ccc(Nc2ccc(Cl)cc2N)cc1OC. The zero-order valence-corrected chi connectivity index (χ0v) is 11.5. The lowest BCUT2D eigenvalue weighted by Crippen LogP contribution is -1.97. The number of hydrogen-bond acceptors (Lipinski definition) is 4. The number of methoxy groups -OCH3 is 2. The molecule has 0 aliphatic heterocycles. The number of halogens is 1. The normalized spacial score (nSPS) is 10.1. The summed E-state index contributed by atoms with van der Waals surface area (Å²) in [5.41, 5.74) is 8.12. The molecule has 0 aliphatic rings. The van der Waals surface area contributed by atoms with Gasteiger partial charge in [0.25, 0.3) is 0 Å². The molecule has 5 heteroatoms. The number of ether oxygens (including phenoxy) is 2. The second-order valence-corrected chi connectivity index (χ2v) is 4.36. The van der Waals surface area contributed by atoms with E-state index >= 15 is 0 Å². The van der Waals surface area contributed by atoms with E-state index in [9.17, 15) is 0 Å². The fraction of sp³-hybridized carbons (Fsp3) is 0.143. The Morgan fingerprint density at radius 3 is 2.37 bits per heavy atom. The van der Waals surface area contributed by atoms with Gasteiger partial charge in [-0.1, -0.05) is 11.6 Å². The number of nitrogens with one attached hydrogen (secondary N) is 1. The molecule has 0 bridgehead atoms. The summed E-state index contributed by atoms with van der Waals surface area (Å²) in [5, 5.41) is 3.81. The summed E-state index contributed by atoms with van der Waals surface area (Å²) in [5.74, 6) is 1.33. The van der Waals surface area contributed by atoms with Gasteiger partial charge in [-0.05, 0) is 30.3 Å². The molecular weight excluding hydrogens is 264 g/mol. The van der Waals surface area contributed by atoms with Crippen molar-refractivity contribution in [2.75, 3.05) is 25.3 Å². The van der Waals surface area contributed by atoms with Gasteiger partial charge >= 0.3 is 0 Å². The molecular formula is C14H15ClN2O2. The molecule has 100 valence electrons. The quantitative estimate of drug-likeness (QED) is 0.838. The van der Waals surface area contributed by atoms with Gasteiger partial charge in [0.15, 0.2) is 11.5 Å². The third kappa shape index (κ3) is 3.03. The summed E-state index contributed by atoms with van der Waals surface area (Å²) in [6.07, 6.45) is 0. The van der Waals surface area contributed by atoms with E-state index < -0.39 is 0 Å². The minimum absolute atomic E-state index is 0.585. The van der Waals surface area contributed by atoms with Gasteiger partial charge in [-0.25, -0.2) is 0 Å². The molecule has 4 nitrogen and oxygen atoms in total. The lowest BCUT2D eigenvalue weighted by Gasteiger charge is -2.12. The molecule has 0 aliphatic carbocycles. The van der Waals surface area contributed by atoms with Crippen LogP contribution < -0.4 is 20.5 Å². The second-order valence-electron chi connectivity index (χ2n) is 3.93. The van der Waals surface area contributed by atoms with Crippen LogP contribution in [0.4, 0.5) is 17.1 Å². The molecule has 0 aromatic heterocycles. The van der Waals surface area contributed by atoms with Gasteiger partial charge in [0.1, 0.15) is 0 Å². The maximum absolute atomic E-state index is 5.89. The minimum atomic E-state index is 0.585. The number of anilines is 3. The maximum atomic E-state index is 5.89. The topological polar surface area (TPSA) is 56.5 Å². The number of nitrogen functional groups attached to an aromatic ring is 1. The molecule has 0 spiro atoms. The van der Waals surface area contributed by atoms with Gasteiger partial charge < -0.3 is 20.5 Å². The van der Waals surface area contributed by atoms with Gasteiger partial charge in [-0.15, -0.1) is 0 Å². The van der Waals surface area contributed by atoms with Crippen molar-refractivity contribution in [1.82, 2.24) is 0 Å². The highest BCUT2D eigenvalue weighted by molar-refractivity contribution is 6.31. The third-order valence-corrected chi connectivity index (χ3v) is 2.91. The Bertz CT molecular complexity index is 588. The van der Waals surface area contributed by atoms with Crippen molar-refractivity contribution >= 4 is 28.7 Å². The van der Waals surface area contributed by atoms with Crippen LogP contribution in [-0.2, 0) is 0 Å². The predicted octanol–water partition coefficient (Wildman–Crippen LogP) is 3.68. The Morgan fingerprint density at radius 1 is 1.00 bits per heavy atom. The standard InChI is InChI=1S/C14H15ClN2O2/c1-18-13-6-4-10(8-14(13)19-2)17-12-5-3-9(15)7-11(12)16/h3-8,17H,16H2,1-2H3. The first kappa shape index (κ1) is 13.4. The zero-order chi connectivity index (χ0) is 13.8. The molecule has 0 atom stereocenters. The summed E-state index contributed by atoms with van der Waals surface area (Å²) >= 11 is 5.86. The highest BCUT2D eigenvalue weighted by Gasteiger charge is 2.06. The molecule has 2 rings (SSSR count). The van der Waals surface area contributed by atoms with Crippen LogP contribution in [0.1, 0.15) is 0 Å². The molecule has 0 heterocycles. The number of benzene rings is 2. The van der Waals surface area contributed by atoms with Crippen LogP contribution in [-0.4, -0.2) is 14.2 Å². The monoisotopic (exact) mass is 278 g/mol. The Labute approximate surface area is 117 Å². The van der Waals surface area contributed by atoms with Crippen molar-refractivity contribution in [2.45, 2.75) is 0 Å². The summed E-state index contributed by atoms with van der Waals surface area (Å²) in [6, 6.07) is 10.9. The van der Waals surface area contributed by atoms with E-state index in [0.717, 1.165) is 11.4 Å². The predicted molar refractivity (Wildman–Crippen MR) is 78.7 cm³/mol. The van der Waals surface area contributed by atoms with Gasteiger partial charge in [0.05, 0.1) is 25.6 Å². The van der Waals surface area contributed by atoms with Crippen molar-refractivity contribution < 1.29 is 9.47 Å². The van der Waals surface area contributed by atoms with E-state index in [2.05, 4.69) is 5.32 Å². The summed E-state index contributed by atoms with van der Waals surface area (Å²) in [7, 11) is 3.19. The van der Waals surface area contributed by atoms with Crippen LogP contribution in [0.15, 0.2) is 36.4 Å². The summed E-state index contributed by atoms with van der Waals surface area (Å²) in [4.78, 5) is 0. The largest absolute Gasteiger partial charge is 0.493 e. The van der Waals surface area contributed by atoms with Crippen molar-refractivity contribution in [1.29, 1.82) is 0 Å². The first-order valence-electron chi connectivity index (χ1n) is 5.68. The molecule has 0 saturated carbocycles. The van der Waals surface area contributed by atoms with Crippen LogP contribution in [0.3, 0.4) is 0 Å². The van der Waals surface area contributed by atoms with E-state index in [0.29, 0.717) is 22.2 Å². The van der Waals surface area contributed by atoms with Crippen LogP contribution >= 0.6 is 11.6 Å². The second kappa shape index (κ2) is 5.71. The molecule has 0 radical (unpaired) electrons. The number of hydrogen-bond donors (Lipinski definition) is 2. The van der Waals surface area contributed by atoms with Crippen LogP contribution in [0.2, 0.25) is 5.02 Å². The smallest absolute Gasteiger partial charge is 0.162 e. The maximum Gasteiger partial charge on any atom is 0.162 e. The van der Waals surface area contributed by atoms with Gasteiger partial charge in [-0.3, -0.25) is 0 Å². The van der Waals surface area contributed by atoms with E-state index in [1.54, 1.807) is 26.4 Å². The average molecular weight is 279 g/mol. The molecule has 0 fully saturated rings. The molecule has 0 saturated heterocycles. The van der Waals surface area contributed by atoms with E-state index in [1.165, 1.54) is 0 Å². The van der Waals surface area contributed by atoms with Gasteiger partial charge in [0.2, 0.25) is 0 Å². The summed E-state index contributed by atoms with van der Waals surface area (Å²) < 4.78 is 10.4. The first-order valence-corrected chi connectivity index (χ1v) is 6.06. The molecule has 2 aromatic rings. The lowest BCUT2D eigenvalue weighted by atomic mass is 10.2. The van der Waals surface area contributed by atoms with E-state index in [1.807, 2.05) is 24.3 Å². The van der Waals surface area contributed by atoms with Crippen LogP contribution in [0.5, 0.6) is 11.5 Å². The minimum Gasteiger partial charge on any atom is -0.493 e. The van der Waals surface area contributed by atoms with Crippen molar-refractivity contribution in [3.8, 4) is 11.5 Å². The third-order valence-electron chi connectivity index (χ3n) is 2.68. The number of rotatable bonds is 4. The molecule has 19 heavy (non-hydrogen) atoms. The highest BCUT2D eigenvalue weighted by Crippen LogP contribution is 2.32. The average Bonchev–Trinajstić information content (AvgIpc) is 2.41. The van der Waals surface area contributed by atoms with Gasteiger partial charge in [0, 0.05) is 16.8 Å². The Kier molecular flexibility index (Phi) is 4.02. The summed E-state index contributed by atoms with van der Waals surface area (Å²) in [6.45, 7) is 0. The highest BCUT2D eigenvalue weighted by atomic mass is 35.5. The van der Waals surface area contributed by atoms with E-state index in [-0.39, 0.29) is 0 Å². The molecule has 2 aromatic carbocycles.